The van der Waals surface area contributed by atoms with E-state index in [0.29, 0.717) is 26.4 Å². The lowest BCUT2D eigenvalue weighted by atomic mass is 10.3. The lowest BCUT2D eigenvalue weighted by molar-refractivity contribution is 0.102. The van der Waals surface area contributed by atoms with Crippen LogP contribution in [0.1, 0.15) is 16.1 Å². The van der Waals surface area contributed by atoms with Gasteiger partial charge in [0.25, 0.3) is 5.91 Å². The van der Waals surface area contributed by atoms with Crippen LogP contribution < -0.4 is 5.32 Å². The smallest absolute Gasteiger partial charge is 0.278 e. The number of nitrogens with one attached hydrogen (secondary N) is 1. The van der Waals surface area contributed by atoms with E-state index in [1.165, 1.54) is 11.3 Å². The van der Waals surface area contributed by atoms with Crippen LogP contribution in [0.4, 0.5) is 5.13 Å². The normalized spacial score (nSPS) is 11.0. The summed E-state index contributed by atoms with van der Waals surface area (Å²) in [5, 5.41) is 8.35. The van der Waals surface area contributed by atoms with E-state index >= 15 is 0 Å². The van der Waals surface area contributed by atoms with Gasteiger partial charge < -0.3 is 0 Å². The molecule has 0 fully saturated rings. The second-order valence-corrected chi connectivity index (χ2v) is 6.33. The molecular formula is C13H10Cl2N4OS. The molecule has 0 saturated carbocycles. The maximum Gasteiger partial charge on any atom is 0.278 e. The fourth-order valence-corrected chi connectivity index (χ4v) is 3.40. The van der Waals surface area contributed by atoms with E-state index in [0.717, 1.165) is 10.3 Å². The number of aryl methyl sites for hydroxylation is 2. The van der Waals surface area contributed by atoms with Crippen molar-refractivity contribution in [2.75, 3.05) is 5.32 Å². The van der Waals surface area contributed by atoms with Gasteiger partial charge in [0.15, 0.2) is 10.8 Å². The number of nitrogens with zero attached hydrogens (tertiary/aromatic N) is 3. The zero-order valence-electron chi connectivity index (χ0n) is 11.1. The SMILES string of the molecule is Cc1cn(C)nc1C(=O)Nc1nc2c(Cl)ccc(Cl)c2s1. The lowest BCUT2D eigenvalue weighted by Gasteiger charge is -1.98. The summed E-state index contributed by atoms with van der Waals surface area (Å²) in [6, 6.07) is 3.39. The topological polar surface area (TPSA) is 59.8 Å². The minimum atomic E-state index is -0.306. The largest absolute Gasteiger partial charge is 0.296 e. The summed E-state index contributed by atoms with van der Waals surface area (Å²) >= 11 is 13.5. The third-order valence-electron chi connectivity index (χ3n) is 2.89. The Morgan fingerprint density at radius 2 is 2.05 bits per heavy atom. The highest BCUT2D eigenvalue weighted by Gasteiger charge is 2.17. The second-order valence-electron chi connectivity index (χ2n) is 4.51. The first-order valence-electron chi connectivity index (χ1n) is 6.02. The summed E-state index contributed by atoms with van der Waals surface area (Å²) < 4.78 is 2.34. The monoisotopic (exact) mass is 340 g/mol. The summed E-state index contributed by atoms with van der Waals surface area (Å²) in [5.41, 5.74) is 1.75. The van der Waals surface area contributed by atoms with Gasteiger partial charge in [-0.15, -0.1) is 0 Å². The average molecular weight is 341 g/mol. The van der Waals surface area contributed by atoms with Crippen molar-refractivity contribution < 1.29 is 4.79 Å². The van der Waals surface area contributed by atoms with Crippen molar-refractivity contribution in [2.24, 2.45) is 7.05 Å². The van der Waals surface area contributed by atoms with Gasteiger partial charge in [-0.1, -0.05) is 34.5 Å². The maximum absolute atomic E-state index is 12.2. The van der Waals surface area contributed by atoms with Crippen LogP contribution in [-0.2, 0) is 7.05 Å². The van der Waals surface area contributed by atoms with Crippen molar-refractivity contribution in [1.82, 2.24) is 14.8 Å². The summed E-state index contributed by atoms with van der Waals surface area (Å²) in [4.78, 5) is 16.5. The van der Waals surface area contributed by atoms with Gasteiger partial charge in [0, 0.05) is 18.8 Å². The molecule has 0 aliphatic rings. The minimum Gasteiger partial charge on any atom is -0.296 e. The van der Waals surface area contributed by atoms with Crippen LogP contribution in [0.25, 0.3) is 10.2 Å². The van der Waals surface area contributed by atoms with Gasteiger partial charge >= 0.3 is 0 Å². The van der Waals surface area contributed by atoms with E-state index in [9.17, 15) is 4.79 Å². The molecule has 0 aliphatic heterocycles. The second kappa shape index (κ2) is 5.29. The molecule has 2 aromatic heterocycles. The lowest BCUT2D eigenvalue weighted by Crippen LogP contribution is -2.13. The molecule has 2 heterocycles. The Morgan fingerprint density at radius 3 is 2.67 bits per heavy atom. The van der Waals surface area contributed by atoms with Crippen LogP contribution in [-0.4, -0.2) is 20.7 Å². The van der Waals surface area contributed by atoms with Gasteiger partial charge in [-0.2, -0.15) is 5.10 Å². The minimum absolute atomic E-state index is 0.306. The molecule has 0 saturated heterocycles. The molecule has 0 unspecified atom stereocenters. The van der Waals surface area contributed by atoms with Gasteiger partial charge in [-0.05, 0) is 19.1 Å². The molecule has 0 bridgehead atoms. The number of carbonyl (C=O) groups is 1. The van der Waals surface area contributed by atoms with E-state index in [1.54, 1.807) is 30.1 Å². The average Bonchev–Trinajstić information content (AvgIpc) is 2.98. The number of hydrogen-bond donors (Lipinski definition) is 1. The maximum atomic E-state index is 12.2. The summed E-state index contributed by atoms with van der Waals surface area (Å²) in [7, 11) is 1.76. The van der Waals surface area contributed by atoms with Crippen molar-refractivity contribution >= 4 is 55.8 Å². The molecule has 0 spiro atoms. The van der Waals surface area contributed by atoms with Crippen LogP contribution in [0.5, 0.6) is 0 Å². The number of thiazole rings is 1. The van der Waals surface area contributed by atoms with Gasteiger partial charge in [-0.3, -0.25) is 14.8 Å². The zero-order valence-corrected chi connectivity index (χ0v) is 13.5. The van der Waals surface area contributed by atoms with Crippen molar-refractivity contribution in [3.63, 3.8) is 0 Å². The number of hydrogen-bond acceptors (Lipinski definition) is 4. The number of anilines is 1. The molecule has 5 nitrogen and oxygen atoms in total. The molecule has 108 valence electrons. The van der Waals surface area contributed by atoms with E-state index in [4.69, 9.17) is 23.2 Å². The van der Waals surface area contributed by atoms with Crippen molar-refractivity contribution in [3.05, 3.63) is 39.6 Å². The molecular weight excluding hydrogens is 331 g/mol. The van der Waals surface area contributed by atoms with Gasteiger partial charge in [0.1, 0.15) is 5.52 Å². The third-order valence-corrected chi connectivity index (χ3v) is 4.63. The Kier molecular flexibility index (Phi) is 3.61. The predicted molar refractivity (Wildman–Crippen MR) is 85.5 cm³/mol. The van der Waals surface area contributed by atoms with Crippen LogP contribution in [0.3, 0.4) is 0 Å². The molecule has 0 aliphatic carbocycles. The van der Waals surface area contributed by atoms with E-state index in [1.807, 2.05) is 6.92 Å². The van der Waals surface area contributed by atoms with Crippen LogP contribution in [0, 0.1) is 6.92 Å². The Balaban J connectivity index is 1.95. The number of rotatable bonds is 2. The van der Waals surface area contributed by atoms with Crippen LogP contribution in [0.15, 0.2) is 18.3 Å². The molecule has 21 heavy (non-hydrogen) atoms. The number of fused-ring (bicyclic) bond motifs is 1. The molecule has 1 N–H and O–H groups in total. The quantitative estimate of drug-likeness (QED) is 0.769. The molecule has 0 atom stereocenters. The highest BCUT2D eigenvalue weighted by atomic mass is 35.5. The highest BCUT2D eigenvalue weighted by Crippen LogP contribution is 2.36. The molecule has 0 radical (unpaired) electrons. The number of aromatic nitrogens is 3. The number of halogens is 2. The third kappa shape index (κ3) is 2.62. The Bertz CT molecular complexity index is 816. The van der Waals surface area contributed by atoms with E-state index < -0.39 is 0 Å². The first-order valence-corrected chi connectivity index (χ1v) is 7.59. The Labute approximate surface area is 134 Å². The van der Waals surface area contributed by atoms with Gasteiger partial charge in [0.05, 0.1) is 14.7 Å². The number of carbonyl (C=O) groups excluding carboxylic acids is 1. The zero-order chi connectivity index (χ0) is 15.1. The molecule has 1 aromatic carbocycles. The molecule has 3 aromatic rings. The van der Waals surface area contributed by atoms with Crippen molar-refractivity contribution in [1.29, 1.82) is 0 Å². The standard InChI is InChI=1S/C13H10Cl2N4OS/c1-6-5-19(2)18-9(6)12(20)17-13-16-10-7(14)3-4-8(15)11(10)21-13/h3-5H,1-2H3,(H,16,17,20). The van der Waals surface area contributed by atoms with Gasteiger partial charge in [-0.25, -0.2) is 4.98 Å². The first-order chi connectivity index (χ1) is 9.95. The van der Waals surface area contributed by atoms with Crippen LogP contribution >= 0.6 is 34.5 Å². The Hall–Kier alpha value is -1.63. The Morgan fingerprint density at radius 1 is 1.33 bits per heavy atom. The summed E-state index contributed by atoms with van der Waals surface area (Å²) in [5.74, 6) is -0.306. The van der Waals surface area contributed by atoms with E-state index in [2.05, 4.69) is 15.4 Å². The van der Waals surface area contributed by atoms with Gasteiger partial charge in [0.2, 0.25) is 0 Å². The number of benzene rings is 1. The fraction of sp³-hybridized carbons (Fsp3) is 0.154. The number of amides is 1. The highest BCUT2D eigenvalue weighted by molar-refractivity contribution is 7.23. The fourth-order valence-electron chi connectivity index (χ4n) is 1.99. The summed E-state index contributed by atoms with van der Waals surface area (Å²) in [6.45, 7) is 1.83. The van der Waals surface area contributed by atoms with Crippen molar-refractivity contribution in [2.45, 2.75) is 6.92 Å². The molecule has 3 rings (SSSR count). The van der Waals surface area contributed by atoms with E-state index in [-0.39, 0.29) is 5.91 Å². The molecule has 1 amide bonds. The molecule has 8 heteroatoms. The van der Waals surface area contributed by atoms with Crippen LogP contribution in [0.2, 0.25) is 10.0 Å². The first kappa shape index (κ1) is 14.3. The predicted octanol–water partition coefficient (Wildman–Crippen LogP) is 3.90. The van der Waals surface area contributed by atoms with Crippen molar-refractivity contribution in [3.8, 4) is 0 Å². The summed E-state index contributed by atoms with van der Waals surface area (Å²) in [6.07, 6.45) is 1.78.